The number of amides is 2. The molecule has 2 N–H and O–H groups in total. The Balaban J connectivity index is 0. The predicted octanol–water partition coefficient (Wildman–Crippen LogP) is 2.93. The number of hydrogen-bond donors (Lipinski definition) is 3. The first-order valence-corrected chi connectivity index (χ1v) is 6.16. The molecule has 0 rings (SSSR count). The standard InChI is InChI=1S/C9H19NOS.CH3NOS/c1-5-7(3)10(9(11)12)8(4)6-2;2-1(3)4/h7-8H,5-6H2,1-4H3,(H,11,12);(H3,2,3,4). The number of nitrogens with two attached hydrogens (primary N) is 1. The molecule has 0 aliphatic rings. The molecule has 0 aliphatic carbocycles. The van der Waals surface area contributed by atoms with Crippen molar-refractivity contribution in [1.82, 2.24) is 4.90 Å². The van der Waals surface area contributed by atoms with Gasteiger partial charge in [-0.2, -0.15) is 0 Å². The van der Waals surface area contributed by atoms with Crippen molar-refractivity contribution in [3.63, 3.8) is 0 Å². The van der Waals surface area contributed by atoms with E-state index in [2.05, 4.69) is 58.7 Å². The van der Waals surface area contributed by atoms with E-state index < -0.39 is 5.24 Å². The van der Waals surface area contributed by atoms with E-state index in [0.717, 1.165) is 12.8 Å². The Hall–Kier alpha value is -0.360. The zero-order valence-corrected chi connectivity index (χ0v) is 12.1. The van der Waals surface area contributed by atoms with Crippen LogP contribution in [-0.2, 0) is 0 Å². The third-order valence-corrected chi connectivity index (χ3v) is 2.58. The van der Waals surface area contributed by atoms with Crippen molar-refractivity contribution in [3.05, 3.63) is 0 Å². The largest absolute Gasteiger partial charge is 0.361 e. The molecular weight excluding hydrogens is 244 g/mol. The molecule has 0 spiro atoms. The minimum absolute atomic E-state index is 0.112. The quantitative estimate of drug-likeness (QED) is 0.685. The van der Waals surface area contributed by atoms with E-state index in [1.54, 1.807) is 0 Å². The Bertz CT molecular complexity index is 211. The Labute approximate surface area is 109 Å². The maximum absolute atomic E-state index is 11.1. The molecule has 0 aromatic heterocycles. The molecule has 0 fully saturated rings. The number of rotatable bonds is 4. The molecule has 0 saturated heterocycles. The third kappa shape index (κ3) is 8.91. The maximum atomic E-state index is 11.1. The smallest absolute Gasteiger partial charge is 0.279 e. The fourth-order valence-corrected chi connectivity index (χ4v) is 1.60. The maximum Gasteiger partial charge on any atom is 0.279 e. The van der Waals surface area contributed by atoms with Crippen molar-refractivity contribution in [2.75, 3.05) is 0 Å². The molecule has 0 heterocycles. The molecule has 0 aromatic carbocycles. The lowest BCUT2D eigenvalue weighted by atomic mass is 10.1. The highest BCUT2D eigenvalue weighted by Crippen LogP contribution is 2.13. The summed E-state index contributed by atoms with van der Waals surface area (Å²) in [6.07, 6.45) is 1.97. The van der Waals surface area contributed by atoms with Crippen molar-refractivity contribution < 1.29 is 9.59 Å². The zero-order chi connectivity index (χ0) is 13.3. The van der Waals surface area contributed by atoms with Gasteiger partial charge in [0.1, 0.15) is 0 Å². The molecule has 0 saturated carbocycles. The lowest BCUT2D eigenvalue weighted by Crippen LogP contribution is -2.41. The number of thiol groups is 2. The average molecular weight is 266 g/mol. The SMILES string of the molecule is CCC(C)N(C(=O)S)C(C)CC.NC(=O)S. The highest BCUT2D eigenvalue weighted by atomic mass is 32.1. The Morgan fingerprint density at radius 2 is 1.38 bits per heavy atom. The Kier molecular flexibility index (Phi) is 11.1. The van der Waals surface area contributed by atoms with Crippen LogP contribution >= 0.6 is 25.3 Å². The fourth-order valence-electron chi connectivity index (χ4n) is 1.20. The highest BCUT2D eigenvalue weighted by molar-refractivity contribution is 7.96. The van der Waals surface area contributed by atoms with Crippen LogP contribution in [0.15, 0.2) is 0 Å². The molecule has 4 nitrogen and oxygen atoms in total. The molecule has 6 heteroatoms. The predicted molar refractivity (Wildman–Crippen MR) is 74.3 cm³/mol. The van der Waals surface area contributed by atoms with Crippen molar-refractivity contribution in [2.45, 2.75) is 52.6 Å². The first-order valence-electron chi connectivity index (χ1n) is 5.27. The van der Waals surface area contributed by atoms with Gasteiger partial charge in [0.2, 0.25) is 0 Å². The van der Waals surface area contributed by atoms with Crippen molar-refractivity contribution >= 4 is 35.7 Å². The van der Waals surface area contributed by atoms with Crippen LogP contribution in [0.5, 0.6) is 0 Å². The molecule has 0 radical (unpaired) electrons. The lowest BCUT2D eigenvalue weighted by molar-refractivity contribution is 0.174. The molecule has 2 amide bonds. The summed E-state index contributed by atoms with van der Waals surface area (Å²) < 4.78 is 0. The summed E-state index contributed by atoms with van der Waals surface area (Å²) in [5.41, 5.74) is 4.34. The molecular formula is C10H22N2O2S2. The van der Waals surface area contributed by atoms with Gasteiger partial charge in [-0.15, -0.1) is 0 Å². The summed E-state index contributed by atoms with van der Waals surface area (Å²) in [4.78, 5) is 22.1. The summed E-state index contributed by atoms with van der Waals surface area (Å²) in [6, 6.07) is 0.592. The van der Waals surface area contributed by atoms with Gasteiger partial charge >= 0.3 is 0 Å². The van der Waals surface area contributed by atoms with Gasteiger partial charge in [0.25, 0.3) is 10.5 Å². The minimum Gasteiger partial charge on any atom is -0.361 e. The number of carbonyl (C=O) groups excluding carboxylic acids is 2. The summed E-state index contributed by atoms with van der Waals surface area (Å²) >= 11 is 6.97. The summed E-state index contributed by atoms with van der Waals surface area (Å²) in [6.45, 7) is 8.27. The lowest BCUT2D eigenvalue weighted by Gasteiger charge is -2.32. The van der Waals surface area contributed by atoms with Crippen LogP contribution in [-0.4, -0.2) is 27.5 Å². The summed E-state index contributed by atoms with van der Waals surface area (Å²) in [7, 11) is 0. The first kappa shape index (κ1) is 18.0. The van der Waals surface area contributed by atoms with E-state index in [1.165, 1.54) is 0 Å². The van der Waals surface area contributed by atoms with Gasteiger partial charge in [-0.25, -0.2) is 0 Å². The molecule has 0 aromatic rings. The molecule has 16 heavy (non-hydrogen) atoms. The van der Waals surface area contributed by atoms with Crippen LogP contribution in [0.4, 0.5) is 9.59 Å². The van der Waals surface area contributed by atoms with Crippen LogP contribution in [0.25, 0.3) is 0 Å². The monoisotopic (exact) mass is 266 g/mol. The summed E-state index contributed by atoms with van der Waals surface area (Å²) in [5, 5.41) is -0.751. The number of carbonyl (C=O) groups is 2. The molecule has 2 unspecified atom stereocenters. The van der Waals surface area contributed by atoms with Crippen molar-refractivity contribution in [1.29, 1.82) is 0 Å². The van der Waals surface area contributed by atoms with E-state index >= 15 is 0 Å². The minimum atomic E-state index is -0.639. The third-order valence-electron chi connectivity index (χ3n) is 2.35. The Morgan fingerprint density at radius 3 is 1.50 bits per heavy atom. The van der Waals surface area contributed by atoms with Gasteiger partial charge in [0, 0.05) is 12.1 Å². The zero-order valence-electron chi connectivity index (χ0n) is 10.3. The molecule has 2 atom stereocenters. The van der Waals surface area contributed by atoms with E-state index in [-0.39, 0.29) is 5.24 Å². The second kappa shape index (κ2) is 9.84. The van der Waals surface area contributed by atoms with E-state index in [9.17, 15) is 4.79 Å². The number of nitrogens with zero attached hydrogens (tertiary/aromatic N) is 1. The summed E-state index contributed by atoms with van der Waals surface area (Å²) in [5.74, 6) is 0. The van der Waals surface area contributed by atoms with Gasteiger partial charge in [0.15, 0.2) is 0 Å². The highest BCUT2D eigenvalue weighted by Gasteiger charge is 2.20. The van der Waals surface area contributed by atoms with E-state index in [4.69, 9.17) is 4.79 Å². The normalized spacial score (nSPS) is 13.1. The van der Waals surface area contributed by atoms with E-state index in [0.29, 0.717) is 12.1 Å². The van der Waals surface area contributed by atoms with Crippen molar-refractivity contribution in [3.8, 4) is 0 Å². The fraction of sp³-hybridized carbons (Fsp3) is 0.800. The van der Waals surface area contributed by atoms with Gasteiger partial charge < -0.3 is 10.6 Å². The van der Waals surface area contributed by atoms with Crippen LogP contribution in [0.1, 0.15) is 40.5 Å². The molecule has 0 aliphatic heterocycles. The number of primary amides is 1. The second-order valence-electron chi connectivity index (χ2n) is 3.54. The topological polar surface area (TPSA) is 63.4 Å². The van der Waals surface area contributed by atoms with E-state index in [1.807, 2.05) is 4.90 Å². The van der Waals surface area contributed by atoms with Gasteiger partial charge in [0.05, 0.1) is 0 Å². The Morgan fingerprint density at radius 1 is 1.12 bits per heavy atom. The second-order valence-corrected chi connectivity index (χ2v) is 4.37. The molecule has 96 valence electrons. The van der Waals surface area contributed by atoms with Crippen molar-refractivity contribution in [2.24, 2.45) is 5.73 Å². The number of hydrogen-bond acceptors (Lipinski definition) is 2. The van der Waals surface area contributed by atoms with Crippen LogP contribution in [0.2, 0.25) is 0 Å². The van der Waals surface area contributed by atoms with Gasteiger partial charge in [-0.05, 0) is 26.7 Å². The van der Waals surface area contributed by atoms with Gasteiger partial charge in [-0.1, -0.05) is 39.1 Å². The molecule has 0 bridgehead atoms. The first-order chi connectivity index (χ1) is 7.27. The van der Waals surface area contributed by atoms with Crippen LogP contribution < -0.4 is 5.73 Å². The van der Waals surface area contributed by atoms with Crippen LogP contribution in [0.3, 0.4) is 0 Å². The van der Waals surface area contributed by atoms with Crippen LogP contribution in [0, 0.1) is 0 Å². The van der Waals surface area contributed by atoms with Gasteiger partial charge in [-0.3, -0.25) is 9.59 Å². The average Bonchev–Trinajstić information content (AvgIpc) is 2.15.